The fraction of sp³-hybridized carbons (Fsp3) is 0.867. The number of amides is 1. The summed E-state index contributed by atoms with van der Waals surface area (Å²) in [6, 6.07) is 0. The highest BCUT2D eigenvalue weighted by molar-refractivity contribution is 5.76. The van der Waals surface area contributed by atoms with Crippen molar-refractivity contribution in [1.29, 1.82) is 0 Å². The average Bonchev–Trinajstić information content (AvgIpc) is 2.38. The van der Waals surface area contributed by atoms with Crippen molar-refractivity contribution in [3.05, 3.63) is 0 Å². The fourth-order valence-electron chi connectivity index (χ4n) is 1.92. The lowest BCUT2D eigenvalue weighted by Crippen LogP contribution is -2.33. The second-order valence-electron chi connectivity index (χ2n) is 5.09. The largest absolute Gasteiger partial charge is 0.343 e. The van der Waals surface area contributed by atoms with Gasteiger partial charge in [0.25, 0.3) is 0 Å². The Bertz CT molecular complexity index is 229. The van der Waals surface area contributed by atoms with Crippen LogP contribution in [0.3, 0.4) is 0 Å². The van der Waals surface area contributed by atoms with Crippen molar-refractivity contribution in [2.24, 2.45) is 5.92 Å². The smallest absolute Gasteiger partial charge is 0.222 e. The SMILES string of the molecule is CCCCCCC(=O)N(CCC)CCC(C)C=O. The van der Waals surface area contributed by atoms with E-state index in [-0.39, 0.29) is 11.8 Å². The zero-order chi connectivity index (χ0) is 13.8. The molecule has 1 amide bonds. The molecule has 3 heteroatoms. The molecule has 0 rings (SSSR count). The monoisotopic (exact) mass is 255 g/mol. The van der Waals surface area contributed by atoms with Crippen LogP contribution in [0.15, 0.2) is 0 Å². The minimum atomic E-state index is 0.0530. The predicted octanol–water partition coefficient (Wildman–Crippen LogP) is 3.42. The van der Waals surface area contributed by atoms with Crippen LogP contribution in [0.5, 0.6) is 0 Å². The average molecular weight is 255 g/mol. The van der Waals surface area contributed by atoms with Gasteiger partial charge in [0.15, 0.2) is 0 Å². The molecule has 1 unspecified atom stereocenters. The Labute approximate surface area is 112 Å². The van der Waals surface area contributed by atoms with Gasteiger partial charge in [0.2, 0.25) is 5.91 Å². The Morgan fingerprint density at radius 2 is 1.83 bits per heavy atom. The molecule has 0 saturated heterocycles. The number of nitrogens with zero attached hydrogens (tertiary/aromatic N) is 1. The van der Waals surface area contributed by atoms with Crippen molar-refractivity contribution in [1.82, 2.24) is 4.90 Å². The lowest BCUT2D eigenvalue weighted by atomic mass is 10.1. The lowest BCUT2D eigenvalue weighted by molar-refractivity contribution is -0.131. The van der Waals surface area contributed by atoms with Crippen LogP contribution < -0.4 is 0 Å². The van der Waals surface area contributed by atoms with Gasteiger partial charge in [0, 0.05) is 25.4 Å². The van der Waals surface area contributed by atoms with Crippen molar-refractivity contribution in [2.45, 2.75) is 65.7 Å². The van der Waals surface area contributed by atoms with Crippen LogP contribution in [0.1, 0.15) is 65.7 Å². The molecular weight excluding hydrogens is 226 g/mol. The van der Waals surface area contributed by atoms with Crippen molar-refractivity contribution in [3.8, 4) is 0 Å². The molecule has 0 aliphatic rings. The Hall–Kier alpha value is -0.860. The summed E-state index contributed by atoms with van der Waals surface area (Å²) in [5.74, 6) is 0.309. The molecule has 0 aliphatic heterocycles. The molecule has 0 aromatic heterocycles. The summed E-state index contributed by atoms with van der Waals surface area (Å²) in [6.45, 7) is 7.70. The van der Waals surface area contributed by atoms with Gasteiger partial charge in [0.05, 0.1) is 0 Å². The third-order valence-corrected chi connectivity index (χ3v) is 3.18. The maximum Gasteiger partial charge on any atom is 0.222 e. The highest BCUT2D eigenvalue weighted by Gasteiger charge is 2.13. The second kappa shape index (κ2) is 11.2. The van der Waals surface area contributed by atoms with Crippen LogP contribution in [0.25, 0.3) is 0 Å². The zero-order valence-electron chi connectivity index (χ0n) is 12.3. The van der Waals surface area contributed by atoms with Gasteiger partial charge in [-0.2, -0.15) is 0 Å². The molecule has 0 aliphatic carbocycles. The van der Waals surface area contributed by atoms with Crippen molar-refractivity contribution < 1.29 is 9.59 Å². The molecule has 18 heavy (non-hydrogen) atoms. The Balaban J connectivity index is 3.97. The Morgan fingerprint density at radius 3 is 2.39 bits per heavy atom. The van der Waals surface area contributed by atoms with Crippen LogP contribution in [0.4, 0.5) is 0 Å². The molecule has 0 bridgehead atoms. The number of hydrogen-bond acceptors (Lipinski definition) is 2. The fourth-order valence-corrected chi connectivity index (χ4v) is 1.92. The topological polar surface area (TPSA) is 37.4 Å². The van der Waals surface area contributed by atoms with E-state index in [2.05, 4.69) is 13.8 Å². The lowest BCUT2D eigenvalue weighted by Gasteiger charge is -2.23. The molecular formula is C15H29NO2. The van der Waals surface area contributed by atoms with Gasteiger partial charge in [-0.25, -0.2) is 0 Å². The first-order valence-corrected chi connectivity index (χ1v) is 7.38. The van der Waals surface area contributed by atoms with Gasteiger partial charge >= 0.3 is 0 Å². The van der Waals surface area contributed by atoms with E-state index >= 15 is 0 Å². The molecule has 0 fully saturated rings. The van der Waals surface area contributed by atoms with Crippen LogP contribution in [-0.4, -0.2) is 30.2 Å². The summed E-state index contributed by atoms with van der Waals surface area (Å²) in [5, 5.41) is 0. The highest BCUT2D eigenvalue weighted by atomic mass is 16.2. The molecule has 0 saturated carbocycles. The molecule has 0 aromatic carbocycles. The normalized spacial score (nSPS) is 12.2. The maximum absolute atomic E-state index is 12.0. The molecule has 1 atom stereocenters. The number of unbranched alkanes of at least 4 members (excludes halogenated alkanes) is 3. The zero-order valence-corrected chi connectivity index (χ0v) is 12.3. The maximum atomic E-state index is 12.0. The summed E-state index contributed by atoms with van der Waals surface area (Å²) < 4.78 is 0. The molecule has 0 heterocycles. The van der Waals surface area contributed by atoms with Gasteiger partial charge in [-0.3, -0.25) is 4.79 Å². The predicted molar refractivity (Wildman–Crippen MR) is 75.5 cm³/mol. The Morgan fingerprint density at radius 1 is 1.11 bits per heavy atom. The van der Waals surface area contributed by atoms with Gasteiger partial charge in [-0.1, -0.05) is 40.0 Å². The van der Waals surface area contributed by atoms with Crippen molar-refractivity contribution in [3.63, 3.8) is 0 Å². The van der Waals surface area contributed by atoms with E-state index < -0.39 is 0 Å². The number of carbonyl (C=O) groups excluding carboxylic acids is 2. The summed E-state index contributed by atoms with van der Waals surface area (Å²) in [4.78, 5) is 24.5. The number of hydrogen-bond donors (Lipinski definition) is 0. The van der Waals surface area contributed by atoms with E-state index in [1.807, 2.05) is 11.8 Å². The Kier molecular flexibility index (Phi) is 10.7. The molecule has 106 valence electrons. The second-order valence-corrected chi connectivity index (χ2v) is 5.09. The minimum absolute atomic E-state index is 0.0530. The molecule has 0 radical (unpaired) electrons. The van der Waals surface area contributed by atoms with Gasteiger partial charge in [0.1, 0.15) is 6.29 Å². The molecule has 0 aromatic rings. The van der Waals surface area contributed by atoms with Crippen molar-refractivity contribution >= 4 is 12.2 Å². The first kappa shape index (κ1) is 17.1. The molecule has 0 N–H and O–H groups in total. The van der Waals surface area contributed by atoms with Crippen LogP contribution >= 0.6 is 0 Å². The van der Waals surface area contributed by atoms with E-state index in [1.54, 1.807) is 0 Å². The standard InChI is InChI=1S/C15H29NO2/c1-4-6-7-8-9-15(18)16(11-5-2)12-10-14(3)13-17/h13-14H,4-12H2,1-3H3. The third kappa shape index (κ3) is 8.26. The van der Waals surface area contributed by atoms with E-state index in [1.165, 1.54) is 12.8 Å². The van der Waals surface area contributed by atoms with Crippen LogP contribution in [-0.2, 0) is 9.59 Å². The van der Waals surface area contributed by atoms with Gasteiger partial charge in [-0.15, -0.1) is 0 Å². The highest BCUT2D eigenvalue weighted by Crippen LogP contribution is 2.08. The quantitative estimate of drug-likeness (QED) is 0.419. The summed E-state index contributed by atoms with van der Waals surface area (Å²) in [6.07, 6.45) is 7.95. The number of aldehydes is 1. The molecule has 0 spiro atoms. The molecule has 3 nitrogen and oxygen atoms in total. The van der Waals surface area contributed by atoms with Crippen molar-refractivity contribution in [2.75, 3.05) is 13.1 Å². The first-order chi connectivity index (χ1) is 8.65. The summed E-state index contributed by atoms with van der Waals surface area (Å²) >= 11 is 0. The first-order valence-electron chi connectivity index (χ1n) is 7.38. The van der Waals surface area contributed by atoms with E-state index in [4.69, 9.17) is 0 Å². The van der Waals surface area contributed by atoms with Gasteiger partial charge in [-0.05, 0) is 19.3 Å². The number of carbonyl (C=O) groups is 2. The minimum Gasteiger partial charge on any atom is -0.343 e. The summed E-state index contributed by atoms with van der Waals surface area (Å²) in [7, 11) is 0. The van der Waals surface area contributed by atoms with Gasteiger partial charge < -0.3 is 9.69 Å². The van der Waals surface area contributed by atoms with E-state index in [0.717, 1.165) is 45.1 Å². The van der Waals surface area contributed by atoms with Crippen LogP contribution in [0.2, 0.25) is 0 Å². The van der Waals surface area contributed by atoms with E-state index in [9.17, 15) is 9.59 Å². The summed E-state index contributed by atoms with van der Waals surface area (Å²) in [5.41, 5.74) is 0. The number of rotatable bonds is 11. The third-order valence-electron chi connectivity index (χ3n) is 3.18. The van der Waals surface area contributed by atoms with Crippen LogP contribution in [0, 0.1) is 5.92 Å². The van der Waals surface area contributed by atoms with E-state index in [0.29, 0.717) is 6.42 Å².